The Morgan fingerprint density at radius 2 is 1.93 bits per heavy atom. The average molecular weight is 401 g/mol. The van der Waals surface area contributed by atoms with Crippen molar-refractivity contribution < 1.29 is 31.5 Å². The first-order chi connectivity index (χ1) is 13.1. The largest absolute Gasteiger partial charge is 0.469 e. The van der Waals surface area contributed by atoms with Crippen molar-refractivity contribution in [1.82, 2.24) is 10.3 Å². The van der Waals surface area contributed by atoms with Gasteiger partial charge < -0.3 is 15.0 Å². The zero-order valence-electron chi connectivity index (χ0n) is 14.6. The van der Waals surface area contributed by atoms with Crippen molar-refractivity contribution in [3.05, 3.63) is 47.7 Å². The van der Waals surface area contributed by atoms with Crippen molar-refractivity contribution >= 4 is 17.3 Å². The third-order valence-corrected chi connectivity index (χ3v) is 4.13. The molecule has 0 fully saturated rings. The van der Waals surface area contributed by atoms with E-state index in [9.17, 15) is 26.7 Å². The van der Waals surface area contributed by atoms with Crippen molar-refractivity contribution in [1.29, 1.82) is 0 Å². The number of pyridine rings is 1. The minimum atomic E-state index is -4.47. The molecular formula is C18H16F5N3O2. The van der Waals surface area contributed by atoms with Crippen molar-refractivity contribution in [2.75, 3.05) is 18.0 Å². The monoisotopic (exact) mass is 401 g/mol. The van der Waals surface area contributed by atoms with E-state index in [1.54, 1.807) is 4.90 Å². The highest BCUT2D eigenvalue weighted by atomic mass is 19.4. The molecule has 28 heavy (non-hydrogen) atoms. The molecule has 1 aromatic heterocycles. The molecule has 2 heterocycles. The van der Waals surface area contributed by atoms with Gasteiger partial charge in [-0.15, -0.1) is 0 Å². The summed E-state index contributed by atoms with van der Waals surface area (Å²) in [4.78, 5) is 16.6. The molecule has 1 N–H and O–H groups in total. The summed E-state index contributed by atoms with van der Waals surface area (Å²) in [6, 6.07) is 6.97. The van der Waals surface area contributed by atoms with Crippen molar-refractivity contribution in [3.63, 3.8) is 0 Å². The number of amides is 1. The van der Waals surface area contributed by atoms with Gasteiger partial charge in [-0.05, 0) is 36.4 Å². The Morgan fingerprint density at radius 3 is 2.50 bits per heavy atom. The van der Waals surface area contributed by atoms with E-state index < -0.39 is 30.0 Å². The van der Waals surface area contributed by atoms with E-state index in [0.717, 1.165) is 18.2 Å². The molecule has 0 spiro atoms. The Kier molecular flexibility index (Phi) is 5.39. The highest BCUT2D eigenvalue weighted by Gasteiger charge is 2.32. The molecule has 1 unspecified atom stereocenters. The zero-order valence-corrected chi connectivity index (χ0v) is 14.6. The first kappa shape index (κ1) is 19.8. The van der Waals surface area contributed by atoms with Gasteiger partial charge in [-0.1, -0.05) is 0 Å². The lowest BCUT2D eigenvalue weighted by atomic mass is 10.1. The zero-order chi connectivity index (χ0) is 20.5. The average Bonchev–Trinajstić information content (AvgIpc) is 2.64. The van der Waals surface area contributed by atoms with Crippen molar-refractivity contribution in [2.45, 2.75) is 25.6 Å². The van der Waals surface area contributed by atoms with E-state index in [2.05, 4.69) is 10.3 Å². The van der Waals surface area contributed by atoms with Crippen LogP contribution in [0.25, 0.3) is 0 Å². The van der Waals surface area contributed by atoms with E-state index in [4.69, 9.17) is 4.74 Å². The Hall–Kier alpha value is -2.91. The summed E-state index contributed by atoms with van der Waals surface area (Å²) >= 11 is 0. The van der Waals surface area contributed by atoms with Crippen LogP contribution in [0.2, 0.25) is 0 Å². The van der Waals surface area contributed by atoms with Gasteiger partial charge in [0.1, 0.15) is 17.5 Å². The number of benzene rings is 1. The van der Waals surface area contributed by atoms with E-state index in [1.807, 2.05) is 0 Å². The van der Waals surface area contributed by atoms with E-state index in [-0.39, 0.29) is 24.9 Å². The second-order valence-corrected chi connectivity index (χ2v) is 6.19. The number of nitrogens with zero attached hydrogens (tertiary/aromatic N) is 2. The Bertz CT molecular complexity index is 855. The fourth-order valence-corrected chi connectivity index (χ4v) is 2.80. The molecule has 1 aliphatic heterocycles. The second kappa shape index (κ2) is 7.61. The van der Waals surface area contributed by atoms with Crippen molar-refractivity contribution in [2.24, 2.45) is 0 Å². The number of carbonyl (C=O) groups excluding carboxylic acids is 1. The van der Waals surface area contributed by atoms with Gasteiger partial charge in [0.05, 0.1) is 18.7 Å². The number of carbonyl (C=O) groups is 1. The molecule has 5 nitrogen and oxygen atoms in total. The molecule has 1 aliphatic rings. The smallest absolute Gasteiger partial charge is 0.416 e. The van der Waals surface area contributed by atoms with Gasteiger partial charge in [0.2, 0.25) is 11.8 Å². The SMILES string of the molecule is CC(=O)NCC1CN(c2ccc(C(F)(F)F)cc2)c2ccc(C(F)F)nc2O1. The van der Waals surface area contributed by atoms with Gasteiger partial charge in [-0.25, -0.2) is 13.8 Å². The molecule has 0 bridgehead atoms. The summed E-state index contributed by atoms with van der Waals surface area (Å²) in [6.07, 6.45) is -7.90. The molecular weight excluding hydrogens is 385 g/mol. The standard InChI is InChI=1S/C18H16F5N3O2/c1-10(27)24-8-13-9-26(12-4-2-11(3-5-12)18(21,22)23)15-7-6-14(16(19)20)25-17(15)28-13/h2-7,13,16H,8-9H2,1H3,(H,24,27). The molecule has 1 aromatic carbocycles. The van der Waals surface area contributed by atoms with Crippen LogP contribution in [-0.4, -0.2) is 30.1 Å². The van der Waals surface area contributed by atoms with Gasteiger partial charge in [-0.2, -0.15) is 13.2 Å². The number of aromatic nitrogens is 1. The summed E-state index contributed by atoms with van der Waals surface area (Å²) in [6.45, 7) is 1.60. The maximum absolute atomic E-state index is 13.0. The summed E-state index contributed by atoms with van der Waals surface area (Å²) < 4.78 is 70.0. The third-order valence-electron chi connectivity index (χ3n) is 4.13. The minimum absolute atomic E-state index is 0.0701. The second-order valence-electron chi connectivity index (χ2n) is 6.19. The molecule has 2 aromatic rings. The van der Waals surface area contributed by atoms with Crippen molar-refractivity contribution in [3.8, 4) is 5.88 Å². The van der Waals surface area contributed by atoms with Crippen LogP contribution >= 0.6 is 0 Å². The lowest BCUT2D eigenvalue weighted by Gasteiger charge is -2.35. The highest BCUT2D eigenvalue weighted by molar-refractivity contribution is 5.73. The van der Waals surface area contributed by atoms with Gasteiger partial charge in [-0.3, -0.25) is 4.79 Å². The number of halogens is 5. The highest BCUT2D eigenvalue weighted by Crippen LogP contribution is 2.39. The molecule has 0 aliphatic carbocycles. The number of nitrogens with one attached hydrogen (secondary N) is 1. The topological polar surface area (TPSA) is 54.5 Å². The molecule has 150 valence electrons. The molecule has 1 amide bonds. The maximum atomic E-state index is 13.0. The summed E-state index contributed by atoms with van der Waals surface area (Å²) in [5.41, 5.74) is -0.516. The van der Waals surface area contributed by atoms with E-state index >= 15 is 0 Å². The van der Waals surface area contributed by atoms with Gasteiger partial charge >= 0.3 is 6.18 Å². The Labute approximate surface area is 157 Å². The predicted octanol–water partition coefficient (Wildman–Crippen LogP) is 4.07. The van der Waals surface area contributed by atoms with Gasteiger partial charge in [0.15, 0.2) is 0 Å². The van der Waals surface area contributed by atoms with Crippen LogP contribution in [0.5, 0.6) is 5.88 Å². The van der Waals surface area contributed by atoms with Crippen LogP contribution in [-0.2, 0) is 11.0 Å². The normalized spacial score (nSPS) is 16.5. The predicted molar refractivity (Wildman–Crippen MR) is 90.7 cm³/mol. The molecule has 0 saturated carbocycles. The van der Waals surface area contributed by atoms with E-state index in [1.165, 1.54) is 25.1 Å². The molecule has 3 rings (SSSR count). The lowest BCUT2D eigenvalue weighted by molar-refractivity contribution is -0.137. The molecule has 0 radical (unpaired) electrons. The fraction of sp³-hybridized carbons (Fsp3) is 0.333. The van der Waals surface area contributed by atoms with Crippen LogP contribution in [0.1, 0.15) is 24.6 Å². The summed E-state index contributed by atoms with van der Waals surface area (Å²) in [5, 5.41) is 2.57. The number of anilines is 2. The number of hydrogen-bond donors (Lipinski definition) is 1. The van der Waals surface area contributed by atoms with Gasteiger partial charge in [0.25, 0.3) is 6.43 Å². The minimum Gasteiger partial charge on any atom is -0.469 e. The molecule has 10 heteroatoms. The van der Waals surface area contributed by atoms with E-state index in [0.29, 0.717) is 11.4 Å². The van der Waals surface area contributed by atoms with Crippen LogP contribution in [0.4, 0.5) is 33.3 Å². The van der Waals surface area contributed by atoms with Gasteiger partial charge in [0, 0.05) is 12.6 Å². The van der Waals surface area contributed by atoms with Crippen LogP contribution in [0.3, 0.4) is 0 Å². The maximum Gasteiger partial charge on any atom is 0.416 e. The first-order valence-corrected chi connectivity index (χ1v) is 8.30. The summed E-state index contributed by atoms with van der Waals surface area (Å²) in [7, 11) is 0. The summed E-state index contributed by atoms with van der Waals surface area (Å²) in [5.74, 6) is -0.371. The Balaban J connectivity index is 1.95. The fourth-order valence-electron chi connectivity index (χ4n) is 2.80. The van der Waals surface area contributed by atoms with Crippen LogP contribution in [0.15, 0.2) is 36.4 Å². The first-order valence-electron chi connectivity index (χ1n) is 8.30. The Morgan fingerprint density at radius 1 is 1.25 bits per heavy atom. The number of alkyl halides is 5. The number of fused-ring (bicyclic) bond motifs is 1. The number of hydrogen-bond acceptors (Lipinski definition) is 4. The lowest BCUT2D eigenvalue weighted by Crippen LogP contribution is -2.44. The van der Waals surface area contributed by atoms with Crippen LogP contribution < -0.4 is 15.0 Å². The quantitative estimate of drug-likeness (QED) is 0.785. The number of ether oxygens (including phenoxy) is 1. The van der Waals surface area contributed by atoms with Crippen LogP contribution in [0, 0.1) is 0 Å². The molecule has 1 atom stereocenters. The number of rotatable bonds is 4. The third kappa shape index (κ3) is 4.32. The molecule has 0 saturated heterocycles.